The lowest BCUT2D eigenvalue weighted by Gasteiger charge is -2.17. The minimum atomic E-state index is -0.499. The van der Waals surface area contributed by atoms with Crippen LogP contribution in [0.15, 0.2) is 53.1 Å². The summed E-state index contributed by atoms with van der Waals surface area (Å²) in [6.45, 7) is 0.315. The molecular weight excluding hydrogens is 334 g/mol. The van der Waals surface area contributed by atoms with Gasteiger partial charge in [-0.25, -0.2) is 0 Å². The first-order chi connectivity index (χ1) is 12.6. The number of benzene rings is 2. The molecule has 0 spiro atoms. The molecular formula is C20H17NO5. The van der Waals surface area contributed by atoms with Gasteiger partial charge >= 0.3 is 5.97 Å². The first-order valence-corrected chi connectivity index (χ1v) is 8.35. The highest BCUT2D eigenvalue weighted by atomic mass is 16.5. The van der Waals surface area contributed by atoms with Crippen molar-refractivity contribution in [3.63, 3.8) is 0 Å². The third-order valence-electron chi connectivity index (χ3n) is 4.52. The number of para-hydroxylation sites is 1. The van der Waals surface area contributed by atoms with Crippen molar-refractivity contribution < 1.29 is 23.8 Å². The van der Waals surface area contributed by atoms with Gasteiger partial charge in [0.05, 0.1) is 12.7 Å². The van der Waals surface area contributed by atoms with Crippen LogP contribution in [0.1, 0.15) is 11.1 Å². The van der Waals surface area contributed by atoms with Crippen molar-refractivity contribution in [2.75, 3.05) is 18.1 Å². The first-order valence-electron chi connectivity index (χ1n) is 8.35. The number of furan rings is 1. The number of carbonyl (C=O) groups excluding carboxylic acids is 2. The summed E-state index contributed by atoms with van der Waals surface area (Å²) >= 11 is 0. The summed E-state index contributed by atoms with van der Waals surface area (Å²) in [5.41, 5.74) is 3.16. The number of amides is 1. The molecule has 0 bridgehead atoms. The molecule has 0 saturated heterocycles. The minimum Gasteiger partial charge on any atom is -0.508 e. The van der Waals surface area contributed by atoms with E-state index < -0.39 is 5.97 Å². The second kappa shape index (κ2) is 6.55. The number of aromatic hydroxyl groups is 1. The van der Waals surface area contributed by atoms with Crippen LogP contribution in [0.2, 0.25) is 0 Å². The first kappa shape index (κ1) is 16.2. The Morgan fingerprint density at radius 1 is 1.19 bits per heavy atom. The highest BCUT2D eigenvalue weighted by Crippen LogP contribution is 2.28. The molecule has 6 nitrogen and oxygen atoms in total. The van der Waals surface area contributed by atoms with Crippen LogP contribution in [-0.4, -0.2) is 30.1 Å². The molecule has 4 rings (SSSR count). The van der Waals surface area contributed by atoms with Crippen LogP contribution in [0, 0.1) is 0 Å². The van der Waals surface area contributed by atoms with E-state index in [2.05, 4.69) is 0 Å². The molecule has 0 atom stereocenters. The number of carbonyl (C=O) groups is 2. The molecule has 6 heteroatoms. The molecule has 0 aliphatic carbocycles. The van der Waals surface area contributed by atoms with E-state index in [0.29, 0.717) is 17.7 Å². The zero-order valence-corrected chi connectivity index (χ0v) is 14.0. The number of fused-ring (bicyclic) bond motifs is 2. The Morgan fingerprint density at radius 3 is 2.92 bits per heavy atom. The monoisotopic (exact) mass is 351 g/mol. The fraction of sp³-hybridized carbons (Fsp3) is 0.200. The molecule has 0 saturated carbocycles. The summed E-state index contributed by atoms with van der Waals surface area (Å²) in [5, 5.41) is 10.2. The maximum Gasteiger partial charge on any atom is 0.310 e. The third-order valence-corrected chi connectivity index (χ3v) is 4.52. The molecule has 1 aromatic heterocycles. The van der Waals surface area contributed by atoms with E-state index in [1.807, 2.05) is 24.3 Å². The van der Waals surface area contributed by atoms with E-state index >= 15 is 0 Å². The lowest BCUT2D eigenvalue weighted by atomic mass is 10.1. The summed E-state index contributed by atoms with van der Waals surface area (Å²) in [4.78, 5) is 26.1. The number of rotatable bonds is 4. The van der Waals surface area contributed by atoms with Crippen LogP contribution >= 0.6 is 0 Å². The van der Waals surface area contributed by atoms with Crippen molar-refractivity contribution in [1.29, 1.82) is 0 Å². The van der Waals surface area contributed by atoms with Crippen molar-refractivity contribution in [2.45, 2.75) is 12.8 Å². The number of hydrogen-bond acceptors (Lipinski definition) is 5. The van der Waals surface area contributed by atoms with Gasteiger partial charge in [0.2, 0.25) is 0 Å². The predicted molar refractivity (Wildman–Crippen MR) is 95.0 cm³/mol. The van der Waals surface area contributed by atoms with Crippen LogP contribution in [0.5, 0.6) is 5.75 Å². The van der Waals surface area contributed by atoms with E-state index in [1.165, 1.54) is 18.4 Å². The topological polar surface area (TPSA) is 80.0 Å². The quantitative estimate of drug-likeness (QED) is 0.731. The van der Waals surface area contributed by atoms with Crippen molar-refractivity contribution >= 4 is 28.5 Å². The molecule has 3 aromatic rings. The molecule has 1 N–H and O–H groups in total. The fourth-order valence-electron chi connectivity index (χ4n) is 3.23. The maximum atomic E-state index is 12.4. The molecule has 1 amide bonds. The van der Waals surface area contributed by atoms with E-state index in [-0.39, 0.29) is 24.7 Å². The van der Waals surface area contributed by atoms with Crippen molar-refractivity contribution in [3.05, 3.63) is 59.9 Å². The number of hydrogen-bond donors (Lipinski definition) is 1. The average Bonchev–Trinajstić information content (AvgIpc) is 3.24. The summed E-state index contributed by atoms with van der Waals surface area (Å²) in [7, 11) is 0. The number of ether oxygens (including phenoxy) is 1. The minimum absolute atomic E-state index is 0.00163. The van der Waals surface area contributed by atoms with Crippen LogP contribution in [0.25, 0.3) is 11.0 Å². The smallest absolute Gasteiger partial charge is 0.310 e. The molecule has 0 radical (unpaired) electrons. The number of phenolic OH excluding ortho intramolecular Hbond substituents is 1. The van der Waals surface area contributed by atoms with Crippen molar-refractivity contribution in [3.8, 4) is 5.75 Å². The van der Waals surface area contributed by atoms with Crippen molar-refractivity contribution in [1.82, 2.24) is 0 Å². The summed E-state index contributed by atoms with van der Waals surface area (Å²) in [6.07, 6.45) is 2.27. The lowest BCUT2D eigenvalue weighted by molar-refractivity contribution is -0.147. The van der Waals surface area contributed by atoms with Gasteiger partial charge in [-0.15, -0.1) is 0 Å². The van der Waals surface area contributed by atoms with Gasteiger partial charge in [-0.3, -0.25) is 9.59 Å². The largest absolute Gasteiger partial charge is 0.508 e. The number of nitrogens with zero attached hydrogens (tertiary/aromatic N) is 1. The Balaban J connectivity index is 1.37. The molecule has 2 heterocycles. The highest BCUT2D eigenvalue weighted by Gasteiger charge is 2.25. The molecule has 2 aromatic carbocycles. The Hall–Kier alpha value is -3.28. The number of esters is 1. The van der Waals surface area contributed by atoms with Gasteiger partial charge in [0.1, 0.15) is 11.3 Å². The fourth-order valence-corrected chi connectivity index (χ4v) is 3.23. The van der Waals surface area contributed by atoms with E-state index in [4.69, 9.17) is 9.15 Å². The molecule has 0 unspecified atom stereocenters. The average molecular weight is 351 g/mol. The maximum absolute atomic E-state index is 12.4. The number of phenols is 1. The van der Waals surface area contributed by atoms with Crippen LogP contribution in [0.3, 0.4) is 0 Å². The van der Waals surface area contributed by atoms with Gasteiger partial charge < -0.3 is 19.2 Å². The highest BCUT2D eigenvalue weighted by molar-refractivity contribution is 5.97. The molecule has 132 valence electrons. The summed E-state index contributed by atoms with van der Waals surface area (Å²) in [6, 6.07) is 12.4. The van der Waals surface area contributed by atoms with E-state index in [1.54, 1.807) is 11.0 Å². The zero-order valence-electron chi connectivity index (χ0n) is 14.0. The van der Waals surface area contributed by atoms with Gasteiger partial charge in [-0.2, -0.15) is 0 Å². The second-order valence-electron chi connectivity index (χ2n) is 6.20. The third kappa shape index (κ3) is 3.01. The van der Waals surface area contributed by atoms with Gasteiger partial charge in [-0.1, -0.05) is 18.2 Å². The number of anilines is 1. The molecule has 1 aliphatic rings. The van der Waals surface area contributed by atoms with E-state index in [9.17, 15) is 14.7 Å². The molecule has 0 fully saturated rings. The Kier molecular flexibility index (Phi) is 4.08. The Morgan fingerprint density at radius 2 is 2.04 bits per heavy atom. The Labute approximate surface area is 149 Å². The van der Waals surface area contributed by atoms with Crippen LogP contribution < -0.4 is 4.90 Å². The van der Waals surface area contributed by atoms with Gasteiger partial charge in [0, 0.05) is 29.2 Å². The van der Waals surface area contributed by atoms with Gasteiger partial charge in [0.15, 0.2) is 6.61 Å². The standard InChI is InChI=1S/C20H17NO5/c22-15-5-6-16-14(11-25-18(16)10-15)9-20(24)26-12-19(23)21-8-7-13-3-1-2-4-17(13)21/h1-6,10-11,22H,7-9,12H2. The zero-order chi connectivity index (χ0) is 18.1. The van der Waals surface area contributed by atoms with Gasteiger partial charge in [-0.05, 0) is 30.2 Å². The predicted octanol–water partition coefficient (Wildman–Crippen LogP) is 2.81. The van der Waals surface area contributed by atoms with Gasteiger partial charge in [0.25, 0.3) is 5.91 Å². The summed E-state index contributed by atoms with van der Waals surface area (Å²) in [5.74, 6) is -0.635. The normalized spacial score (nSPS) is 13.0. The molecule has 26 heavy (non-hydrogen) atoms. The SMILES string of the molecule is O=C(Cc1coc2cc(O)ccc12)OCC(=O)N1CCc2ccccc21. The summed E-state index contributed by atoms with van der Waals surface area (Å²) < 4.78 is 10.5. The van der Waals surface area contributed by atoms with E-state index in [0.717, 1.165) is 23.1 Å². The molecule has 1 aliphatic heterocycles. The second-order valence-corrected chi connectivity index (χ2v) is 6.20. The van der Waals surface area contributed by atoms with Crippen LogP contribution in [0.4, 0.5) is 5.69 Å². The lowest BCUT2D eigenvalue weighted by Crippen LogP contribution is -2.33. The van der Waals surface area contributed by atoms with Crippen molar-refractivity contribution in [2.24, 2.45) is 0 Å². The Bertz CT molecular complexity index is 991. The van der Waals surface area contributed by atoms with Crippen LogP contribution in [-0.2, 0) is 27.2 Å².